The molecule has 11 heteroatoms. The maximum Gasteiger partial charge on any atom is 0.274 e. The third-order valence-corrected chi connectivity index (χ3v) is 5.43. The van der Waals surface area contributed by atoms with E-state index in [9.17, 15) is 37.8 Å². The van der Waals surface area contributed by atoms with Gasteiger partial charge in [-0.2, -0.15) is 0 Å². The quantitative estimate of drug-likeness (QED) is 0.602. The van der Waals surface area contributed by atoms with Gasteiger partial charge in [-0.15, -0.1) is 0 Å². The number of nitrogens with one attached hydrogen (secondary N) is 1. The predicted molar refractivity (Wildman–Crippen MR) is 111 cm³/mol. The number of amides is 2. The molecular formula is C22H24F3N3O5. The Morgan fingerprint density at radius 1 is 1.21 bits per heavy atom. The van der Waals surface area contributed by atoms with Crippen LogP contribution in [0.2, 0.25) is 0 Å². The number of pyridine rings is 1. The molecule has 1 atom stereocenters. The Hall–Kier alpha value is -3.34. The minimum Gasteiger partial charge on any atom is -0.503 e. The summed E-state index contributed by atoms with van der Waals surface area (Å²) in [7, 11) is 0. The summed E-state index contributed by atoms with van der Waals surface area (Å²) in [5.74, 6) is -6.11. The fraction of sp³-hybridized carbons (Fsp3) is 0.409. The van der Waals surface area contributed by atoms with E-state index >= 15 is 0 Å². The fourth-order valence-electron chi connectivity index (χ4n) is 3.59. The van der Waals surface area contributed by atoms with Crippen molar-refractivity contribution in [3.63, 3.8) is 0 Å². The van der Waals surface area contributed by atoms with E-state index in [1.807, 2.05) is 0 Å². The Labute approximate surface area is 187 Å². The Balaban J connectivity index is 1.88. The maximum atomic E-state index is 13.8. The van der Waals surface area contributed by atoms with Crippen LogP contribution in [0, 0.1) is 17.5 Å². The van der Waals surface area contributed by atoms with E-state index in [1.54, 1.807) is 20.8 Å². The van der Waals surface area contributed by atoms with Crippen LogP contribution >= 0.6 is 0 Å². The van der Waals surface area contributed by atoms with Gasteiger partial charge in [-0.25, -0.2) is 13.2 Å². The Bertz CT molecular complexity index is 1150. The molecule has 2 amide bonds. The van der Waals surface area contributed by atoms with Crippen LogP contribution in [0.5, 0.6) is 5.75 Å². The van der Waals surface area contributed by atoms with Crippen LogP contribution in [0.1, 0.15) is 59.6 Å². The molecule has 1 aromatic heterocycles. The van der Waals surface area contributed by atoms with Crippen molar-refractivity contribution >= 4 is 11.8 Å². The number of rotatable bonds is 6. The zero-order chi connectivity index (χ0) is 24.7. The number of aromatic hydroxyl groups is 1. The minimum absolute atomic E-state index is 0.192. The van der Waals surface area contributed by atoms with Gasteiger partial charge in [-0.05, 0) is 27.2 Å². The van der Waals surface area contributed by atoms with Crippen molar-refractivity contribution in [3.8, 4) is 5.75 Å². The van der Waals surface area contributed by atoms with E-state index in [4.69, 9.17) is 0 Å². The summed E-state index contributed by atoms with van der Waals surface area (Å²) in [5, 5.41) is 22.5. The molecule has 1 aromatic carbocycles. The highest BCUT2D eigenvalue weighted by atomic mass is 19.1. The van der Waals surface area contributed by atoms with Gasteiger partial charge in [0.25, 0.3) is 11.8 Å². The van der Waals surface area contributed by atoms with Crippen molar-refractivity contribution in [1.29, 1.82) is 0 Å². The van der Waals surface area contributed by atoms with Crippen molar-refractivity contribution in [2.45, 2.75) is 45.4 Å². The van der Waals surface area contributed by atoms with Crippen LogP contribution in [0.25, 0.3) is 0 Å². The molecule has 33 heavy (non-hydrogen) atoms. The molecular weight excluding hydrogens is 443 g/mol. The normalized spacial score (nSPS) is 16.0. The second-order valence-corrected chi connectivity index (χ2v) is 8.67. The van der Waals surface area contributed by atoms with E-state index in [0.29, 0.717) is 12.1 Å². The molecule has 0 saturated carbocycles. The van der Waals surface area contributed by atoms with Crippen LogP contribution in [0.4, 0.5) is 13.2 Å². The van der Waals surface area contributed by atoms with Crippen molar-refractivity contribution in [1.82, 2.24) is 14.8 Å². The molecule has 0 radical (unpaired) electrons. The number of aliphatic hydroxyl groups is 1. The first-order valence-electron chi connectivity index (χ1n) is 10.2. The number of hydrogen-bond acceptors (Lipinski definition) is 5. The average Bonchev–Trinajstić information content (AvgIpc) is 2.69. The van der Waals surface area contributed by atoms with Crippen LogP contribution in [-0.2, 0) is 6.54 Å². The minimum atomic E-state index is -1.21. The van der Waals surface area contributed by atoms with Crippen LogP contribution in [0.3, 0.4) is 0 Å². The van der Waals surface area contributed by atoms with Crippen LogP contribution < -0.4 is 10.7 Å². The van der Waals surface area contributed by atoms with Crippen molar-refractivity contribution in [3.05, 3.63) is 62.8 Å². The maximum absolute atomic E-state index is 13.8. The summed E-state index contributed by atoms with van der Waals surface area (Å²) < 4.78 is 42.0. The van der Waals surface area contributed by atoms with Gasteiger partial charge in [-0.1, -0.05) is 0 Å². The molecule has 8 nitrogen and oxygen atoms in total. The second kappa shape index (κ2) is 8.89. The number of hydrogen-bond donors (Lipinski definition) is 3. The summed E-state index contributed by atoms with van der Waals surface area (Å²) in [4.78, 5) is 39.4. The summed E-state index contributed by atoms with van der Waals surface area (Å²) in [6.07, 6.45) is 1.38. The van der Waals surface area contributed by atoms with Crippen molar-refractivity contribution < 1.29 is 33.0 Å². The molecule has 0 spiro atoms. The number of aromatic nitrogens is 1. The molecule has 2 aromatic rings. The number of carbonyl (C=O) groups is 2. The van der Waals surface area contributed by atoms with Gasteiger partial charge in [-0.3, -0.25) is 14.4 Å². The third-order valence-electron chi connectivity index (χ3n) is 5.43. The molecule has 178 valence electrons. The molecule has 0 bridgehead atoms. The first kappa shape index (κ1) is 24.3. The van der Waals surface area contributed by atoms with Gasteiger partial charge < -0.3 is 25.0 Å². The molecule has 0 aliphatic carbocycles. The Morgan fingerprint density at radius 3 is 2.39 bits per heavy atom. The third kappa shape index (κ3) is 5.03. The number of nitrogens with zero attached hydrogens (tertiary/aromatic N) is 2. The molecule has 3 rings (SSSR count). The number of fused-ring (bicyclic) bond motifs is 1. The lowest BCUT2D eigenvalue weighted by atomic mass is 10.0. The first-order valence-corrected chi connectivity index (χ1v) is 10.2. The van der Waals surface area contributed by atoms with Gasteiger partial charge in [0.05, 0.1) is 5.60 Å². The fourth-order valence-corrected chi connectivity index (χ4v) is 3.59. The highest BCUT2D eigenvalue weighted by molar-refractivity contribution is 5.99. The number of halogens is 3. The molecule has 0 saturated heterocycles. The highest BCUT2D eigenvalue weighted by Crippen LogP contribution is 2.27. The lowest BCUT2D eigenvalue weighted by Gasteiger charge is -2.36. The smallest absolute Gasteiger partial charge is 0.274 e. The SMILES string of the molecule is C[C@H]1CN(CCC(C)(C)O)C(=O)c2c(O)c(=O)c(C(=O)NCc3c(F)cc(F)cc3F)cn21. The van der Waals surface area contributed by atoms with E-state index < -0.39 is 69.8 Å². The van der Waals surface area contributed by atoms with E-state index in [1.165, 1.54) is 9.47 Å². The first-order chi connectivity index (χ1) is 15.3. The van der Waals surface area contributed by atoms with E-state index in [2.05, 4.69) is 5.32 Å². The standard InChI is InChI=1S/C22H24F3N3O5/c1-11-9-27(5-4-22(2,3)33)21(32)17-19(30)18(29)14(10-28(11)17)20(31)26-8-13-15(24)6-12(23)7-16(13)25/h6-7,10-11,30,33H,4-5,8-9H2,1-3H3,(H,26,31)/t11-/m0/s1. The zero-order valence-corrected chi connectivity index (χ0v) is 18.3. The van der Waals surface area contributed by atoms with Crippen molar-refractivity contribution in [2.24, 2.45) is 0 Å². The summed E-state index contributed by atoms with van der Waals surface area (Å²) >= 11 is 0. The second-order valence-electron chi connectivity index (χ2n) is 8.67. The monoisotopic (exact) mass is 467 g/mol. The lowest BCUT2D eigenvalue weighted by Crippen LogP contribution is -2.46. The molecule has 0 fully saturated rings. The van der Waals surface area contributed by atoms with E-state index in [-0.39, 0.29) is 25.2 Å². The van der Waals surface area contributed by atoms with Gasteiger partial charge in [0.1, 0.15) is 23.0 Å². The van der Waals surface area contributed by atoms with Gasteiger partial charge in [0, 0.05) is 49.6 Å². The highest BCUT2D eigenvalue weighted by Gasteiger charge is 2.34. The largest absolute Gasteiger partial charge is 0.503 e. The number of carbonyl (C=O) groups excluding carboxylic acids is 2. The predicted octanol–water partition coefficient (Wildman–Crippen LogP) is 2.08. The summed E-state index contributed by atoms with van der Waals surface area (Å²) in [6.45, 7) is 4.62. The summed E-state index contributed by atoms with van der Waals surface area (Å²) in [6, 6.07) is 0.493. The van der Waals surface area contributed by atoms with Gasteiger partial charge in [0.2, 0.25) is 5.43 Å². The van der Waals surface area contributed by atoms with Gasteiger partial charge >= 0.3 is 0 Å². The molecule has 1 aliphatic rings. The molecule has 0 unspecified atom stereocenters. The number of benzene rings is 1. The molecule has 1 aliphatic heterocycles. The topological polar surface area (TPSA) is 112 Å². The van der Waals surface area contributed by atoms with Crippen LogP contribution in [-0.4, -0.2) is 50.2 Å². The Morgan fingerprint density at radius 2 is 1.82 bits per heavy atom. The van der Waals surface area contributed by atoms with Gasteiger partial charge in [0.15, 0.2) is 11.4 Å². The van der Waals surface area contributed by atoms with E-state index in [0.717, 1.165) is 6.20 Å². The average molecular weight is 467 g/mol. The molecule has 3 N–H and O–H groups in total. The lowest BCUT2D eigenvalue weighted by molar-refractivity contribution is 0.0443. The van der Waals surface area contributed by atoms with Crippen LogP contribution in [0.15, 0.2) is 23.1 Å². The van der Waals surface area contributed by atoms with Crippen molar-refractivity contribution in [2.75, 3.05) is 13.1 Å². The zero-order valence-electron chi connectivity index (χ0n) is 18.3. The molecule has 2 heterocycles. The summed E-state index contributed by atoms with van der Waals surface area (Å²) in [5.41, 5.74) is -3.55. The Kier molecular flexibility index (Phi) is 6.55.